The summed E-state index contributed by atoms with van der Waals surface area (Å²) in [4.78, 5) is 24.0. The maximum absolute atomic E-state index is 13.3. The Labute approximate surface area is 151 Å². The number of nitrogens with one attached hydrogen (secondary N) is 1. The van der Waals surface area contributed by atoms with Gasteiger partial charge in [0.05, 0.1) is 23.7 Å². The number of halogens is 5. The number of carboxylic acids is 1. The molecule has 2 atom stereocenters. The van der Waals surface area contributed by atoms with Crippen molar-refractivity contribution in [2.24, 2.45) is 17.8 Å². The van der Waals surface area contributed by atoms with Gasteiger partial charge in [-0.3, -0.25) is 9.48 Å². The van der Waals surface area contributed by atoms with Gasteiger partial charge in [0, 0.05) is 19.6 Å². The number of carboxylic acid groups (broad SMARTS) is 1. The SMILES string of the molecule is CC(C)Cn1ncc(NC(=O)N2C[C@@H](C(F)(F)F)[C@H](C(=O)O)C2)c1C(F)F. The van der Waals surface area contributed by atoms with Crippen LogP contribution < -0.4 is 5.32 Å². The number of hydrogen-bond acceptors (Lipinski definition) is 3. The Morgan fingerprint density at radius 3 is 2.41 bits per heavy atom. The number of aliphatic carboxylic acids is 1. The molecule has 2 rings (SSSR count). The maximum atomic E-state index is 13.3. The molecule has 2 heterocycles. The molecule has 0 aliphatic carbocycles. The Hall–Kier alpha value is -2.40. The summed E-state index contributed by atoms with van der Waals surface area (Å²) in [6, 6.07) is -1.08. The number of amides is 2. The van der Waals surface area contributed by atoms with Crippen LogP contribution in [0.3, 0.4) is 0 Å². The van der Waals surface area contributed by atoms with Crippen LogP contribution in [-0.2, 0) is 11.3 Å². The Morgan fingerprint density at radius 2 is 1.96 bits per heavy atom. The highest BCUT2D eigenvalue weighted by Crippen LogP contribution is 2.38. The zero-order valence-corrected chi connectivity index (χ0v) is 14.5. The third-order valence-electron chi connectivity index (χ3n) is 4.21. The van der Waals surface area contributed by atoms with Crippen molar-refractivity contribution in [1.82, 2.24) is 14.7 Å². The standard InChI is InChI=1S/C15H19F5N4O3/c1-7(2)4-24-11(12(16)17)10(3-21-24)22-14(27)23-5-8(13(25)26)9(6-23)15(18,19)20/h3,7-9,12H,4-6H2,1-2H3,(H,22,27)(H,25,26)/t8-,9-/m1/s1. The third-order valence-corrected chi connectivity index (χ3v) is 4.21. The number of aromatic nitrogens is 2. The summed E-state index contributed by atoms with van der Waals surface area (Å²) in [5.41, 5.74) is -0.878. The fourth-order valence-electron chi connectivity index (χ4n) is 2.96. The minimum absolute atomic E-state index is 0.00611. The highest BCUT2D eigenvalue weighted by atomic mass is 19.4. The first kappa shape index (κ1) is 20.9. The number of anilines is 1. The van der Waals surface area contributed by atoms with E-state index in [4.69, 9.17) is 5.11 Å². The van der Waals surface area contributed by atoms with Crippen molar-refractivity contribution in [1.29, 1.82) is 0 Å². The molecule has 7 nitrogen and oxygen atoms in total. The van der Waals surface area contributed by atoms with Crippen LogP contribution in [0.2, 0.25) is 0 Å². The minimum Gasteiger partial charge on any atom is -0.481 e. The molecule has 2 amide bonds. The molecule has 1 aliphatic heterocycles. The molecule has 1 aromatic heterocycles. The van der Waals surface area contributed by atoms with Crippen LogP contribution in [0.25, 0.3) is 0 Å². The number of hydrogen-bond donors (Lipinski definition) is 2. The second-order valence-corrected chi connectivity index (χ2v) is 6.75. The predicted molar refractivity (Wildman–Crippen MR) is 83.3 cm³/mol. The lowest BCUT2D eigenvalue weighted by atomic mass is 9.96. The molecule has 1 aromatic rings. The second kappa shape index (κ2) is 7.69. The van der Waals surface area contributed by atoms with Crippen molar-refractivity contribution >= 4 is 17.7 Å². The highest BCUT2D eigenvalue weighted by molar-refractivity contribution is 5.90. The molecular formula is C15H19F5N4O3. The molecule has 0 unspecified atom stereocenters. The number of rotatable bonds is 5. The second-order valence-electron chi connectivity index (χ2n) is 6.75. The predicted octanol–water partition coefficient (Wildman–Crippen LogP) is 3.20. The van der Waals surface area contributed by atoms with Gasteiger partial charge < -0.3 is 15.3 Å². The van der Waals surface area contributed by atoms with Gasteiger partial charge in [-0.1, -0.05) is 13.8 Å². The average Bonchev–Trinajstić information content (AvgIpc) is 3.10. The van der Waals surface area contributed by atoms with Crippen molar-refractivity contribution in [2.75, 3.05) is 18.4 Å². The summed E-state index contributed by atoms with van der Waals surface area (Å²) >= 11 is 0. The smallest absolute Gasteiger partial charge is 0.394 e. The van der Waals surface area contributed by atoms with Gasteiger partial charge in [-0.2, -0.15) is 18.3 Å². The summed E-state index contributed by atoms with van der Waals surface area (Å²) in [6.07, 6.45) is -6.77. The van der Waals surface area contributed by atoms with Crippen LogP contribution in [0, 0.1) is 17.8 Å². The Bertz CT molecular complexity index is 704. The van der Waals surface area contributed by atoms with E-state index in [-0.39, 0.29) is 18.2 Å². The molecule has 1 fully saturated rings. The van der Waals surface area contributed by atoms with Crippen LogP contribution in [0.4, 0.5) is 32.4 Å². The summed E-state index contributed by atoms with van der Waals surface area (Å²) in [5.74, 6) is -5.72. The average molecular weight is 398 g/mol. The molecule has 0 aromatic carbocycles. The van der Waals surface area contributed by atoms with E-state index in [0.29, 0.717) is 4.90 Å². The number of carbonyl (C=O) groups excluding carboxylic acids is 1. The summed E-state index contributed by atoms with van der Waals surface area (Å²) < 4.78 is 66.7. The van der Waals surface area contributed by atoms with Gasteiger partial charge in [-0.05, 0) is 5.92 Å². The van der Waals surface area contributed by atoms with Gasteiger partial charge in [0.2, 0.25) is 0 Å². The van der Waals surface area contributed by atoms with E-state index in [9.17, 15) is 31.5 Å². The van der Waals surface area contributed by atoms with Gasteiger partial charge >= 0.3 is 18.2 Å². The van der Waals surface area contributed by atoms with Crippen LogP contribution in [0.15, 0.2) is 6.20 Å². The zero-order chi connectivity index (χ0) is 20.5. The first-order valence-electron chi connectivity index (χ1n) is 8.11. The zero-order valence-electron chi connectivity index (χ0n) is 14.5. The number of carbonyl (C=O) groups is 2. The van der Waals surface area contributed by atoms with E-state index in [1.807, 2.05) is 0 Å². The van der Waals surface area contributed by atoms with Crippen molar-refractivity contribution in [3.63, 3.8) is 0 Å². The van der Waals surface area contributed by atoms with Crippen LogP contribution in [0.5, 0.6) is 0 Å². The Kier molecular flexibility index (Phi) is 5.95. The van der Waals surface area contributed by atoms with Gasteiger partial charge in [0.25, 0.3) is 6.43 Å². The molecule has 0 radical (unpaired) electrons. The number of nitrogens with zero attached hydrogens (tertiary/aromatic N) is 3. The molecule has 2 N–H and O–H groups in total. The molecule has 0 saturated carbocycles. The lowest BCUT2D eigenvalue weighted by Gasteiger charge is -2.19. The van der Waals surface area contributed by atoms with E-state index in [0.717, 1.165) is 10.9 Å². The fraction of sp³-hybridized carbons (Fsp3) is 0.667. The highest BCUT2D eigenvalue weighted by Gasteiger charge is 2.53. The largest absolute Gasteiger partial charge is 0.481 e. The van der Waals surface area contributed by atoms with Gasteiger partial charge in [-0.25, -0.2) is 13.6 Å². The van der Waals surface area contributed by atoms with Gasteiger partial charge in [0.1, 0.15) is 5.69 Å². The van der Waals surface area contributed by atoms with E-state index in [1.165, 1.54) is 0 Å². The van der Waals surface area contributed by atoms with E-state index in [2.05, 4.69) is 10.4 Å². The fourth-order valence-corrected chi connectivity index (χ4v) is 2.96. The molecule has 0 bridgehead atoms. The molecule has 12 heteroatoms. The molecule has 1 saturated heterocycles. The van der Waals surface area contributed by atoms with E-state index >= 15 is 0 Å². The first-order valence-corrected chi connectivity index (χ1v) is 8.11. The van der Waals surface area contributed by atoms with Crippen molar-refractivity contribution in [2.45, 2.75) is 33.0 Å². The van der Waals surface area contributed by atoms with Crippen LogP contribution in [0.1, 0.15) is 26.0 Å². The molecule has 152 valence electrons. The third kappa shape index (κ3) is 4.66. The van der Waals surface area contributed by atoms with E-state index < -0.39 is 55.2 Å². The van der Waals surface area contributed by atoms with E-state index in [1.54, 1.807) is 13.8 Å². The molecule has 1 aliphatic rings. The lowest BCUT2D eigenvalue weighted by molar-refractivity contribution is -0.187. The number of alkyl halides is 5. The normalized spacial score (nSPS) is 20.6. The summed E-state index contributed by atoms with van der Waals surface area (Å²) in [5, 5.41) is 14.9. The maximum Gasteiger partial charge on any atom is 0.394 e. The van der Waals surface area contributed by atoms with Gasteiger partial charge in [0.15, 0.2) is 0 Å². The lowest BCUT2D eigenvalue weighted by Crippen LogP contribution is -2.35. The first-order chi connectivity index (χ1) is 12.4. The summed E-state index contributed by atoms with van der Waals surface area (Å²) in [7, 11) is 0. The van der Waals surface area contributed by atoms with Crippen molar-refractivity contribution in [3.05, 3.63) is 11.9 Å². The quantitative estimate of drug-likeness (QED) is 0.746. The van der Waals surface area contributed by atoms with Crippen molar-refractivity contribution in [3.8, 4) is 0 Å². The molecule has 0 spiro atoms. The Morgan fingerprint density at radius 1 is 1.33 bits per heavy atom. The van der Waals surface area contributed by atoms with Gasteiger partial charge in [-0.15, -0.1) is 0 Å². The topological polar surface area (TPSA) is 87.5 Å². The van der Waals surface area contributed by atoms with Crippen LogP contribution >= 0.6 is 0 Å². The number of likely N-dealkylation sites (tertiary alicyclic amines) is 1. The molecular weight excluding hydrogens is 379 g/mol. The number of urea groups is 1. The molecule has 27 heavy (non-hydrogen) atoms. The summed E-state index contributed by atoms with van der Waals surface area (Å²) in [6.45, 7) is 2.19. The Balaban J connectivity index is 2.18. The van der Waals surface area contributed by atoms with Crippen molar-refractivity contribution < 1.29 is 36.6 Å². The van der Waals surface area contributed by atoms with Crippen LogP contribution in [-0.4, -0.2) is 51.1 Å². The minimum atomic E-state index is -4.80. The monoisotopic (exact) mass is 398 g/mol.